The first kappa shape index (κ1) is 17.2. The van der Waals surface area contributed by atoms with E-state index >= 15 is 0 Å². The second kappa shape index (κ2) is 7.97. The van der Waals surface area contributed by atoms with Gasteiger partial charge in [-0.05, 0) is 26.2 Å². The lowest BCUT2D eigenvalue weighted by Crippen LogP contribution is -2.47. The van der Waals surface area contributed by atoms with E-state index in [0.29, 0.717) is 6.10 Å². The van der Waals surface area contributed by atoms with Crippen LogP contribution in [0.25, 0.3) is 0 Å². The molecule has 2 aliphatic rings. The van der Waals surface area contributed by atoms with Crippen molar-refractivity contribution in [2.24, 2.45) is 0 Å². The highest BCUT2D eigenvalue weighted by molar-refractivity contribution is 6.30. The van der Waals surface area contributed by atoms with Crippen LogP contribution in [0.2, 0.25) is 5.15 Å². The van der Waals surface area contributed by atoms with Gasteiger partial charge in [-0.2, -0.15) is 5.10 Å². The van der Waals surface area contributed by atoms with Gasteiger partial charge in [0, 0.05) is 44.3 Å². The van der Waals surface area contributed by atoms with Gasteiger partial charge in [-0.3, -0.25) is 9.58 Å². The summed E-state index contributed by atoms with van der Waals surface area (Å²) in [5.74, 6) is 0. The van der Waals surface area contributed by atoms with Crippen molar-refractivity contribution in [1.82, 2.24) is 20.0 Å². The summed E-state index contributed by atoms with van der Waals surface area (Å²) in [6, 6.07) is 0.829. The Kier molecular flexibility index (Phi) is 5.96. The van der Waals surface area contributed by atoms with E-state index in [9.17, 15) is 0 Å². The van der Waals surface area contributed by atoms with E-state index in [-0.39, 0.29) is 0 Å². The molecule has 2 fully saturated rings. The van der Waals surface area contributed by atoms with Crippen molar-refractivity contribution in [3.05, 3.63) is 16.4 Å². The van der Waals surface area contributed by atoms with E-state index in [0.717, 1.165) is 74.6 Å². The van der Waals surface area contributed by atoms with Crippen molar-refractivity contribution in [2.75, 3.05) is 26.2 Å². The molecule has 0 unspecified atom stereocenters. The van der Waals surface area contributed by atoms with Gasteiger partial charge in [0.15, 0.2) is 0 Å². The molecule has 0 amide bonds. The minimum Gasteiger partial charge on any atom is -0.374 e. The fourth-order valence-corrected chi connectivity index (χ4v) is 3.57. The van der Waals surface area contributed by atoms with Crippen LogP contribution in [0.3, 0.4) is 0 Å². The zero-order chi connectivity index (χ0) is 16.2. The maximum Gasteiger partial charge on any atom is 0.131 e. The lowest BCUT2D eigenvalue weighted by atomic mass is 10.2. The molecule has 1 saturated carbocycles. The first-order chi connectivity index (χ1) is 11.2. The number of morpholine rings is 1. The van der Waals surface area contributed by atoms with Crippen LogP contribution in [0.15, 0.2) is 0 Å². The zero-order valence-corrected chi connectivity index (χ0v) is 15.1. The van der Waals surface area contributed by atoms with Gasteiger partial charge < -0.3 is 10.1 Å². The van der Waals surface area contributed by atoms with E-state index in [1.807, 2.05) is 11.6 Å². The van der Waals surface area contributed by atoms with Crippen LogP contribution >= 0.6 is 11.6 Å². The summed E-state index contributed by atoms with van der Waals surface area (Å²) < 4.78 is 7.82. The van der Waals surface area contributed by atoms with Gasteiger partial charge in [-0.15, -0.1) is 0 Å². The highest BCUT2D eigenvalue weighted by Crippen LogP contribution is 2.28. The molecule has 0 spiro atoms. The molecule has 5 nitrogen and oxygen atoms in total. The highest BCUT2D eigenvalue weighted by Gasteiger charge is 2.32. The van der Waals surface area contributed by atoms with Gasteiger partial charge in [0.25, 0.3) is 0 Å². The second-order valence-corrected chi connectivity index (χ2v) is 7.14. The number of ether oxygens (including phenoxy) is 1. The van der Waals surface area contributed by atoms with Crippen LogP contribution in [0.4, 0.5) is 0 Å². The molecule has 1 aromatic rings. The largest absolute Gasteiger partial charge is 0.374 e. The molecule has 23 heavy (non-hydrogen) atoms. The predicted molar refractivity (Wildman–Crippen MR) is 92.9 cm³/mol. The number of hydrogen-bond acceptors (Lipinski definition) is 4. The molecule has 1 atom stereocenters. The topological polar surface area (TPSA) is 42.3 Å². The fourth-order valence-electron chi connectivity index (χ4n) is 3.24. The van der Waals surface area contributed by atoms with Gasteiger partial charge >= 0.3 is 0 Å². The number of unbranched alkanes of at least 4 members (excludes halogenated alkanes) is 1. The van der Waals surface area contributed by atoms with Crippen molar-refractivity contribution in [2.45, 2.75) is 64.8 Å². The third-order valence-electron chi connectivity index (χ3n) is 4.81. The molecule has 1 aliphatic carbocycles. The van der Waals surface area contributed by atoms with Crippen LogP contribution < -0.4 is 5.32 Å². The number of aromatic nitrogens is 2. The molecule has 3 rings (SSSR count). The zero-order valence-electron chi connectivity index (χ0n) is 14.4. The average Bonchev–Trinajstić information content (AvgIpc) is 3.36. The van der Waals surface area contributed by atoms with Gasteiger partial charge in [0.1, 0.15) is 5.15 Å². The molecule has 6 heteroatoms. The number of aryl methyl sites for hydroxylation is 2. The number of nitrogens with zero attached hydrogens (tertiary/aromatic N) is 3. The monoisotopic (exact) mass is 340 g/mol. The van der Waals surface area contributed by atoms with Crippen molar-refractivity contribution in [3.63, 3.8) is 0 Å². The minimum absolute atomic E-state index is 0.290. The molecule has 1 aromatic heterocycles. The normalized spacial score (nSPS) is 22.7. The van der Waals surface area contributed by atoms with Crippen LogP contribution in [-0.2, 0) is 17.8 Å². The number of hydrogen-bond donors (Lipinski definition) is 1. The second-order valence-electron chi connectivity index (χ2n) is 6.78. The van der Waals surface area contributed by atoms with E-state index in [1.54, 1.807) is 0 Å². The Bertz CT molecular complexity index is 515. The number of nitrogens with one attached hydrogen (secondary N) is 1. The predicted octanol–water partition coefficient (Wildman–Crippen LogP) is 2.60. The summed E-state index contributed by atoms with van der Waals surface area (Å²) in [5.41, 5.74) is 2.15. The van der Waals surface area contributed by atoms with E-state index in [2.05, 4.69) is 22.2 Å². The Morgan fingerprint density at radius 3 is 2.96 bits per heavy atom. The molecule has 0 radical (unpaired) electrons. The Balaban J connectivity index is 1.47. The smallest absolute Gasteiger partial charge is 0.131 e. The maximum atomic E-state index is 6.48. The molecule has 130 valence electrons. The Labute approximate surface area is 144 Å². The molecular formula is C17H29ClN4O. The van der Waals surface area contributed by atoms with E-state index in [1.165, 1.54) is 12.8 Å². The van der Waals surface area contributed by atoms with Gasteiger partial charge in [0.2, 0.25) is 0 Å². The lowest BCUT2D eigenvalue weighted by Gasteiger charge is -2.33. The molecule has 1 saturated heterocycles. The summed E-state index contributed by atoms with van der Waals surface area (Å²) in [7, 11) is 0. The Hall–Kier alpha value is -0.620. The van der Waals surface area contributed by atoms with Crippen LogP contribution in [0, 0.1) is 6.92 Å². The SMILES string of the molecule is CCCCn1nc(C)c(CNC[C@H]2CN(C3CC3)CCO2)c1Cl. The van der Waals surface area contributed by atoms with Crippen LogP contribution in [-0.4, -0.2) is 53.1 Å². The van der Waals surface area contributed by atoms with E-state index in [4.69, 9.17) is 16.3 Å². The molecule has 0 bridgehead atoms. The third-order valence-corrected chi connectivity index (χ3v) is 5.24. The van der Waals surface area contributed by atoms with Crippen molar-refractivity contribution < 1.29 is 4.74 Å². The molecule has 0 aromatic carbocycles. The molecule has 1 N–H and O–H groups in total. The number of halogens is 1. The summed E-state index contributed by atoms with van der Waals surface area (Å²) in [4.78, 5) is 2.58. The Morgan fingerprint density at radius 2 is 2.22 bits per heavy atom. The number of rotatable bonds is 8. The minimum atomic E-state index is 0.290. The summed E-state index contributed by atoms with van der Waals surface area (Å²) in [6.45, 7) is 9.77. The highest BCUT2D eigenvalue weighted by atomic mass is 35.5. The summed E-state index contributed by atoms with van der Waals surface area (Å²) >= 11 is 6.48. The van der Waals surface area contributed by atoms with Crippen LogP contribution in [0.5, 0.6) is 0 Å². The standard InChI is InChI=1S/C17H29ClN4O/c1-3-4-7-22-17(18)16(13(2)20-22)11-19-10-15-12-21(8-9-23-15)14-5-6-14/h14-15,19H,3-12H2,1-2H3/t15-/m0/s1. The van der Waals surface area contributed by atoms with Crippen LogP contribution in [0.1, 0.15) is 43.9 Å². The average molecular weight is 341 g/mol. The van der Waals surface area contributed by atoms with Gasteiger partial charge in [-0.25, -0.2) is 0 Å². The molecule has 2 heterocycles. The molecular weight excluding hydrogens is 312 g/mol. The van der Waals surface area contributed by atoms with Gasteiger partial charge in [0.05, 0.1) is 18.4 Å². The lowest BCUT2D eigenvalue weighted by molar-refractivity contribution is -0.0301. The third kappa shape index (κ3) is 4.47. The maximum absolute atomic E-state index is 6.48. The van der Waals surface area contributed by atoms with Crippen molar-refractivity contribution >= 4 is 11.6 Å². The quantitative estimate of drug-likeness (QED) is 0.790. The fraction of sp³-hybridized carbons (Fsp3) is 0.824. The molecule has 1 aliphatic heterocycles. The van der Waals surface area contributed by atoms with Gasteiger partial charge in [-0.1, -0.05) is 24.9 Å². The first-order valence-corrected chi connectivity index (χ1v) is 9.35. The van der Waals surface area contributed by atoms with E-state index < -0.39 is 0 Å². The van der Waals surface area contributed by atoms with Crippen molar-refractivity contribution in [1.29, 1.82) is 0 Å². The Morgan fingerprint density at radius 1 is 1.39 bits per heavy atom. The first-order valence-electron chi connectivity index (χ1n) is 8.97. The van der Waals surface area contributed by atoms with Crippen molar-refractivity contribution in [3.8, 4) is 0 Å². The summed E-state index contributed by atoms with van der Waals surface area (Å²) in [6.07, 6.45) is 5.29. The summed E-state index contributed by atoms with van der Waals surface area (Å²) in [5, 5.41) is 8.86.